The molecule has 16 heavy (non-hydrogen) atoms. The lowest BCUT2D eigenvalue weighted by molar-refractivity contribution is 1.16. The van der Waals surface area contributed by atoms with Crippen LogP contribution in [0.5, 0.6) is 0 Å². The fourth-order valence-corrected chi connectivity index (χ4v) is 1.94. The Morgan fingerprint density at radius 2 is 1.50 bits per heavy atom. The first-order valence-corrected chi connectivity index (χ1v) is 5.60. The summed E-state index contributed by atoms with van der Waals surface area (Å²) >= 11 is 0. The summed E-state index contributed by atoms with van der Waals surface area (Å²) < 4.78 is 0. The summed E-state index contributed by atoms with van der Waals surface area (Å²) in [6.45, 7) is 8.55. The molecule has 0 bridgehead atoms. The van der Waals surface area contributed by atoms with Gasteiger partial charge in [-0.05, 0) is 49.9 Å². The van der Waals surface area contributed by atoms with Crippen LogP contribution in [-0.4, -0.2) is 4.98 Å². The summed E-state index contributed by atoms with van der Waals surface area (Å²) in [6.07, 6.45) is 1.96. The van der Waals surface area contributed by atoms with Crippen molar-refractivity contribution in [1.29, 1.82) is 0 Å². The number of aromatic nitrogens is 1. The minimum absolute atomic E-state index is 1.11. The van der Waals surface area contributed by atoms with Gasteiger partial charge >= 0.3 is 0 Å². The van der Waals surface area contributed by atoms with E-state index in [1.54, 1.807) is 0 Å². The Labute approximate surface area is 97.2 Å². The largest absolute Gasteiger partial charge is 0.256 e. The first kappa shape index (κ1) is 10.9. The molecule has 0 unspecified atom stereocenters. The van der Waals surface area contributed by atoms with Crippen LogP contribution in [0.2, 0.25) is 0 Å². The van der Waals surface area contributed by atoms with Crippen molar-refractivity contribution in [1.82, 2.24) is 4.98 Å². The van der Waals surface area contributed by atoms with Gasteiger partial charge in [0.05, 0.1) is 5.69 Å². The number of hydrogen-bond acceptors (Lipinski definition) is 1. The molecule has 0 saturated heterocycles. The molecule has 0 aliphatic carbocycles. The van der Waals surface area contributed by atoms with Crippen molar-refractivity contribution in [3.8, 4) is 11.3 Å². The molecule has 0 radical (unpaired) electrons. The van der Waals surface area contributed by atoms with Crippen LogP contribution in [0.25, 0.3) is 11.3 Å². The first-order chi connectivity index (χ1) is 7.61. The number of rotatable bonds is 1. The summed E-state index contributed by atoms with van der Waals surface area (Å²) in [5.74, 6) is 0. The van der Waals surface area contributed by atoms with Gasteiger partial charge in [-0.25, -0.2) is 0 Å². The van der Waals surface area contributed by atoms with E-state index in [2.05, 4.69) is 56.9 Å². The van der Waals surface area contributed by atoms with E-state index in [1.165, 1.54) is 27.8 Å². The predicted molar refractivity (Wildman–Crippen MR) is 68.6 cm³/mol. The molecular weight excluding hydrogens is 194 g/mol. The van der Waals surface area contributed by atoms with Gasteiger partial charge in [-0.1, -0.05) is 24.3 Å². The number of nitrogens with zero attached hydrogens (tertiary/aromatic N) is 1. The topological polar surface area (TPSA) is 12.9 Å². The van der Waals surface area contributed by atoms with Crippen LogP contribution in [-0.2, 0) is 0 Å². The maximum absolute atomic E-state index is 4.57. The molecule has 0 amide bonds. The number of benzene rings is 1. The van der Waals surface area contributed by atoms with Crippen LogP contribution in [0, 0.1) is 27.7 Å². The van der Waals surface area contributed by atoms with E-state index in [0.29, 0.717) is 0 Å². The molecule has 0 saturated carbocycles. The van der Waals surface area contributed by atoms with Gasteiger partial charge in [0.15, 0.2) is 0 Å². The zero-order valence-electron chi connectivity index (χ0n) is 10.3. The summed E-state index contributed by atoms with van der Waals surface area (Å²) in [5, 5.41) is 0. The minimum atomic E-state index is 1.11. The predicted octanol–water partition coefficient (Wildman–Crippen LogP) is 3.98. The molecule has 0 atom stereocenters. The van der Waals surface area contributed by atoms with Gasteiger partial charge in [-0.2, -0.15) is 0 Å². The molecule has 2 aromatic rings. The zero-order chi connectivity index (χ0) is 11.7. The molecule has 0 aliphatic rings. The van der Waals surface area contributed by atoms with Crippen molar-refractivity contribution in [3.05, 3.63) is 52.7 Å². The van der Waals surface area contributed by atoms with Crippen LogP contribution < -0.4 is 0 Å². The van der Waals surface area contributed by atoms with Gasteiger partial charge < -0.3 is 0 Å². The molecule has 1 heterocycles. The maximum atomic E-state index is 4.57. The Bertz CT molecular complexity index is 527. The molecule has 2 rings (SSSR count). The highest BCUT2D eigenvalue weighted by Crippen LogP contribution is 2.27. The fraction of sp³-hybridized carbons (Fsp3) is 0.267. The van der Waals surface area contributed by atoms with Gasteiger partial charge in [0.1, 0.15) is 0 Å². The van der Waals surface area contributed by atoms with Gasteiger partial charge in [-0.3, -0.25) is 4.98 Å². The lowest BCUT2D eigenvalue weighted by Crippen LogP contribution is -1.95. The Kier molecular flexibility index (Phi) is 2.78. The molecule has 0 spiro atoms. The maximum Gasteiger partial charge on any atom is 0.0736 e. The van der Waals surface area contributed by atoms with Gasteiger partial charge in [0, 0.05) is 11.8 Å². The third-order valence-corrected chi connectivity index (χ3v) is 3.30. The van der Waals surface area contributed by atoms with E-state index in [9.17, 15) is 0 Å². The molecular formula is C15H17N. The van der Waals surface area contributed by atoms with Crippen LogP contribution in [0.1, 0.15) is 22.3 Å². The molecule has 1 nitrogen and oxygen atoms in total. The lowest BCUT2D eigenvalue weighted by Gasteiger charge is -2.12. The first-order valence-electron chi connectivity index (χ1n) is 5.60. The Hall–Kier alpha value is -1.63. The van der Waals surface area contributed by atoms with E-state index in [1.807, 2.05) is 6.20 Å². The molecule has 1 aromatic carbocycles. The number of hydrogen-bond donors (Lipinski definition) is 0. The quantitative estimate of drug-likeness (QED) is 0.695. The summed E-state index contributed by atoms with van der Waals surface area (Å²) in [6, 6.07) is 8.40. The molecule has 0 fully saturated rings. The molecule has 0 N–H and O–H groups in total. The van der Waals surface area contributed by atoms with Crippen molar-refractivity contribution >= 4 is 0 Å². The zero-order valence-corrected chi connectivity index (χ0v) is 10.3. The monoisotopic (exact) mass is 211 g/mol. The summed E-state index contributed by atoms with van der Waals surface area (Å²) in [4.78, 5) is 4.57. The third kappa shape index (κ3) is 1.73. The van der Waals surface area contributed by atoms with Gasteiger partial charge in [0.25, 0.3) is 0 Å². The van der Waals surface area contributed by atoms with E-state index in [4.69, 9.17) is 0 Å². The summed E-state index contributed by atoms with van der Waals surface area (Å²) in [7, 11) is 0. The molecule has 0 aliphatic heterocycles. The highest BCUT2D eigenvalue weighted by atomic mass is 14.7. The smallest absolute Gasteiger partial charge is 0.0736 e. The highest BCUT2D eigenvalue weighted by Gasteiger charge is 2.08. The fourth-order valence-electron chi connectivity index (χ4n) is 1.94. The van der Waals surface area contributed by atoms with E-state index in [0.717, 1.165) is 5.69 Å². The average molecular weight is 211 g/mol. The Morgan fingerprint density at radius 1 is 0.812 bits per heavy atom. The molecule has 1 aromatic heterocycles. The van der Waals surface area contributed by atoms with Crippen molar-refractivity contribution < 1.29 is 0 Å². The van der Waals surface area contributed by atoms with E-state index >= 15 is 0 Å². The van der Waals surface area contributed by atoms with Gasteiger partial charge in [0.2, 0.25) is 0 Å². The normalized spacial score (nSPS) is 10.5. The average Bonchev–Trinajstić information content (AvgIpc) is 2.28. The summed E-state index contributed by atoms with van der Waals surface area (Å²) in [5.41, 5.74) is 7.52. The number of aryl methyl sites for hydroxylation is 2. The van der Waals surface area contributed by atoms with Crippen LogP contribution in [0.15, 0.2) is 30.5 Å². The Morgan fingerprint density at radius 3 is 2.19 bits per heavy atom. The highest BCUT2D eigenvalue weighted by molar-refractivity contribution is 5.67. The van der Waals surface area contributed by atoms with E-state index in [-0.39, 0.29) is 0 Å². The third-order valence-electron chi connectivity index (χ3n) is 3.30. The molecule has 1 heteroatoms. The van der Waals surface area contributed by atoms with Crippen molar-refractivity contribution in [2.45, 2.75) is 27.7 Å². The number of pyridine rings is 1. The Balaban J connectivity index is 2.66. The lowest BCUT2D eigenvalue weighted by atomic mass is 9.97. The van der Waals surface area contributed by atoms with Crippen molar-refractivity contribution in [3.63, 3.8) is 0 Å². The SMILES string of the molecule is Cc1ccccc1-c1ncc(C)c(C)c1C. The van der Waals surface area contributed by atoms with Crippen molar-refractivity contribution in [2.24, 2.45) is 0 Å². The minimum Gasteiger partial charge on any atom is -0.256 e. The van der Waals surface area contributed by atoms with Crippen LogP contribution >= 0.6 is 0 Å². The second-order valence-corrected chi connectivity index (χ2v) is 4.35. The second-order valence-electron chi connectivity index (χ2n) is 4.35. The second kappa shape index (κ2) is 4.09. The van der Waals surface area contributed by atoms with Gasteiger partial charge in [-0.15, -0.1) is 0 Å². The van der Waals surface area contributed by atoms with Crippen LogP contribution in [0.3, 0.4) is 0 Å². The standard InChI is InChI=1S/C15H17N/c1-10-7-5-6-8-14(10)15-13(4)12(3)11(2)9-16-15/h5-9H,1-4H3. The van der Waals surface area contributed by atoms with Crippen molar-refractivity contribution in [2.75, 3.05) is 0 Å². The van der Waals surface area contributed by atoms with E-state index < -0.39 is 0 Å². The van der Waals surface area contributed by atoms with Crippen LogP contribution in [0.4, 0.5) is 0 Å². The molecule has 82 valence electrons.